The molecule has 1 rings (SSSR count). The summed E-state index contributed by atoms with van der Waals surface area (Å²) in [5.74, 6) is 0.156. The molecule has 124 valence electrons. The first kappa shape index (κ1) is 18.9. The third-order valence-electron chi connectivity index (χ3n) is 4.69. The first-order valence-corrected chi connectivity index (χ1v) is 11.0. The highest BCUT2D eigenvalue weighted by atomic mass is 28.4. The van der Waals surface area contributed by atoms with E-state index in [0.717, 1.165) is 12.1 Å². The molecule has 1 amide bonds. The lowest BCUT2D eigenvalue weighted by Gasteiger charge is -2.40. The molecule has 0 spiro atoms. The summed E-state index contributed by atoms with van der Waals surface area (Å²) in [6.07, 6.45) is 0.521. The summed E-state index contributed by atoms with van der Waals surface area (Å²) in [6, 6.07) is 9.58. The van der Waals surface area contributed by atoms with Gasteiger partial charge in [0.05, 0.1) is 0 Å². The maximum atomic E-state index is 12.7. The summed E-state index contributed by atoms with van der Waals surface area (Å²) in [7, 11) is -1.99. The lowest BCUT2D eigenvalue weighted by molar-refractivity contribution is -0.125. The Bertz CT molecular complexity index is 480. The van der Waals surface area contributed by atoms with Gasteiger partial charge in [0.25, 0.3) is 5.91 Å². The maximum Gasteiger partial charge on any atom is 0.252 e. The largest absolute Gasteiger partial charge is 0.405 e. The smallest absolute Gasteiger partial charge is 0.252 e. The number of nitrogens with one attached hydrogen (secondary N) is 1. The molecule has 0 aliphatic heterocycles. The third kappa shape index (κ3) is 4.95. The summed E-state index contributed by atoms with van der Waals surface area (Å²) < 4.78 is 6.42. The van der Waals surface area contributed by atoms with Crippen molar-refractivity contribution in [3.05, 3.63) is 30.3 Å². The van der Waals surface area contributed by atoms with Gasteiger partial charge in [0.1, 0.15) is 6.10 Å². The van der Waals surface area contributed by atoms with Crippen LogP contribution in [0.4, 0.5) is 5.69 Å². The van der Waals surface area contributed by atoms with Crippen LogP contribution >= 0.6 is 0 Å². The molecule has 0 radical (unpaired) electrons. The number of hydrogen-bond acceptors (Lipinski definition) is 2. The Kier molecular flexibility index (Phi) is 6.38. The number of rotatable bonds is 6. The molecule has 4 heteroatoms. The van der Waals surface area contributed by atoms with E-state index in [4.69, 9.17) is 4.43 Å². The van der Waals surface area contributed by atoms with Crippen LogP contribution in [0.15, 0.2) is 30.3 Å². The van der Waals surface area contributed by atoms with E-state index >= 15 is 0 Å². The Balaban J connectivity index is 2.91. The monoisotopic (exact) mass is 321 g/mol. The van der Waals surface area contributed by atoms with E-state index in [1.807, 2.05) is 30.3 Å². The first-order chi connectivity index (χ1) is 10.1. The molecule has 2 atom stereocenters. The molecule has 1 N–H and O–H groups in total. The lowest BCUT2D eigenvalue weighted by atomic mass is 10.0. The average molecular weight is 322 g/mol. The number of para-hydroxylation sites is 1. The number of amides is 1. The van der Waals surface area contributed by atoms with Crippen molar-refractivity contribution in [2.75, 3.05) is 5.32 Å². The van der Waals surface area contributed by atoms with Gasteiger partial charge in [-0.15, -0.1) is 0 Å². The molecule has 0 saturated heterocycles. The minimum atomic E-state index is -1.99. The fourth-order valence-corrected chi connectivity index (χ4v) is 3.20. The van der Waals surface area contributed by atoms with E-state index in [-0.39, 0.29) is 16.9 Å². The van der Waals surface area contributed by atoms with Crippen molar-refractivity contribution in [2.24, 2.45) is 5.92 Å². The Hall–Kier alpha value is -1.13. The Labute approximate surface area is 136 Å². The van der Waals surface area contributed by atoms with Crippen molar-refractivity contribution >= 4 is 19.9 Å². The minimum absolute atomic E-state index is 0.0367. The zero-order valence-electron chi connectivity index (χ0n) is 15.1. The fraction of sp³-hybridized carbons (Fsp3) is 0.611. The Morgan fingerprint density at radius 1 is 1.23 bits per heavy atom. The summed E-state index contributed by atoms with van der Waals surface area (Å²) in [6.45, 7) is 15.2. The van der Waals surface area contributed by atoms with Gasteiger partial charge in [0.2, 0.25) is 0 Å². The van der Waals surface area contributed by atoms with Crippen LogP contribution in [-0.2, 0) is 9.22 Å². The highest BCUT2D eigenvalue weighted by Crippen LogP contribution is 2.38. The molecule has 1 aromatic rings. The molecular formula is C18H31NO2Si. The van der Waals surface area contributed by atoms with Crippen LogP contribution in [0.1, 0.15) is 41.0 Å². The van der Waals surface area contributed by atoms with Gasteiger partial charge in [-0.05, 0) is 36.2 Å². The predicted octanol–water partition coefficient (Wildman–Crippen LogP) is 5.06. The van der Waals surface area contributed by atoms with E-state index in [0.29, 0.717) is 0 Å². The minimum Gasteiger partial charge on any atom is -0.405 e. The van der Waals surface area contributed by atoms with Crippen LogP contribution in [0.5, 0.6) is 0 Å². The highest BCUT2D eigenvalue weighted by Gasteiger charge is 2.41. The summed E-state index contributed by atoms with van der Waals surface area (Å²) in [5.41, 5.74) is 0.819. The van der Waals surface area contributed by atoms with Gasteiger partial charge >= 0.3 is 0 Å². The van der Waals surface area contributed by atoms with E-state index in [9.17, 15) is 4.79 Å². The normalized spacial score (nSPS) is 15.2. The van der Waals surface area contributed by atoms with E-state index in [1.165, 1.54) is 0 Å². The van der Waals surface area contributed by atoms with Crippen molar-refractivity contribution in [1.82, 2.24) is 0 Å². The topological polar surface area (TPSA) is 38.3 Å². The van der Waals surface area contributed by atoms with Crippen LogP contribution in [0.2, 0.25) is 18.1 Å². The summed E-state index contributed by atoms with van der Waals surface area (Å²) >= 11 is 0. The van der Waals surface area contributed by atoms with Gasteiger partial charge in [0.15, 0.2) is 8.32 Å². The molecule has 1 aromatic carbocycles. The molecule has 0 aliphatic carbocycles. The van der Waals surface area contributed by atoms with Gasteiger partial charge in [0, 0.05) is 5.69 Å². The maximum absolute atomic E-state index is 12.7. The van der Waals surface area contributed by atoms with Gasteiger partial charge in [-0.3, -0.25) is 4.79 Å². The molecule has 0 heterocycles. The number of carbonyl (C=O) groups excluding carboxylic acids is 1. The molecule has 0 bridgehead atoms. The van der Waals surface area contributed by atoms with Gasteiger partial charge in [-0.25, -0.2) is 0 Å². The molecule has 0 fully saturated rings. The zero-order chi connectivity index (χ0) is 17.0. The van der Waals surface area contributed by atoms with E-state index in [1.54, 1.807) is 0 Å². The molecule has 0 aliphatic rings. The van der Waals surface area contributed by atoms with Crippen LogP contribution in [0.3, 0.4) is 0 Å². The Morgan fingerprint density at radius 3 is 2.23 bits per heavy atom. The highest BCUT2D eigenvalue weighted by molar-refractivity contribution is 6.74. The second kappa shape index (κ2) is 7.42. The average Bonchev–Trinajstić information content (AvgIpc) is 2.43. The van der Waals surface area contributed by atoms with Gasteiger partial charge in [-0.1, -0.05) is 59.2 Å². The Morgan fingerprint density at radius 2 is 1.77 bits per heavy atom. The number of hydrogen-bond donors (Lipinski definition) is 1. The molecule has 2 unspecified atom stereocenters. The quantitative estimate of drug-likeness (QED) is 0.744. The van der Waals surface area contributed by atoms with Crippen molar-refractivity contribution in [3.63, 3.8) is 0 Å². The van der Waals surface area contributed by atoms with E-state index < -0.39 is 14.4 Å². The van der Waals surface area contributed by atoms with Crippen molar-refractivity contribution in [3.8, 4) is 0 Å². The van der Waals surface area contributed by atoms with Crippen molar-refractivity contribution < 1.29 is 9.22 Å². The second-order valence-corrected chi connectivity index (χ2v) is 12.3. The zero-order valence-corrected chi connectivity index (χ0v) is 16.1. The standard InChI is InChI=1S/C18H31NO2Si/c1-8-14(2)16(21-22(6,7)18(3,4)5)17(20)19-15-12-10-9-11-13-15/h9-14,16H,8H2,1-7H3,(H,19,20). The predicted molar refractivity (Wildman–Crippen MR) is 96.6 cm³/mol. The van der Waals surface area contributed by atoms with Crippen LogP contribution in [-0.4, -0.2) is 20.3 Å². The second-order valence-electron chi connectivity index (χ2n) is 7.54. The third-order valence-corrected chi connectivity index (χ3v) is 9.14. The molecule has 0 saturated carbocycles. The van der Waals surface area contributed by atoms with Crippen LogP contribution in [0.25, 0.3) is 0 Å². The van der Waals surface area contributed by atoms with Crippen LogP contribution in [0, 0.1) is 5.92 Å². The molecular weight excluding hydrogens is 290 g/mol. The fourth-order valence-electron chi connectivity index (χ4n) is 1.87. The van der Waals surface area contributed by atoms with E-state index in [2.05, 4.69) is 53.0 Å². The van der Waals surface area contributed by atoms with Crippen LogP contribution < -0.4 is 5.32 Å². The number of anilines is 1. The van der Waals surface area contributed by atoms with Crippen molar-refractivity contribution in [2.45, 2.75) is 65.3 Å². The van der Waals surface area contributed by atoms with Crippen molar-refractivity contribution in [1.29, 1.82) is 0 Å². The summed E-state index contributed by atoms with van der Waals surface area (Å²) in [5, 5.41) is 3.08. The number of benzene rings is 1. The SMILES string of the molecule is CCC(C)C(O[Si](C)(C)C(C)(C)C)C(=O)Nc1ccccc1. The molecule has 0 aromatic heterocycles. The van der Waals surface area contributed by atoms with Gasteiger partial charge < -0.3 is 9.74 Å². The van der Waals surface area contributed by atoms with Gasteiger partial charge in [-0.2, -0.15) is 0 Å². The summed E-state index contributed by atoms with van der Waals surface area (Å²) in [4.78, 5) is 12.7. The number of carbonyl (C=O) groups is 1. The lowest BCUT2D eigenvalue weighted by Crippen LogP contribution is -2.49. The molecule has 3 nitrogen and oxygen atoms in total. The first-order valence-electron chi connectivity index (χ1n) is 8.12. The molecule has 22 heavy (non-hydrogen) atoms.